The maximum absolute atomic E-state index is 14.2. The molecule has 0 unspecified atom stereocenters. The number of rotatable bonds is 4. The van der Waals surface area contributed by atoms with E-state index in [0.717, 1.165) is 23.2 Å². The minimum atomic E-state index is -0.145. The van der Waals surface area contributed by atoms with E-state index >= 15 is 0 Å². The monoisotopic (exact) mass is 269 g/mol. The van der Waals surface area contributed by atoms with Crippen LogP contribution in [0.3, 0.4) is 0 Å². The number of hydrogen-bond acceptors (Lipinski definition) is 1. The van der Waals surface area contributed by atoms with Crippen molar-refractivity contribution in [3.8, 4) is 11.1 Å². The van der Waals surface area contributed by atoms with Crippen LogP contribution in [0.2, 0.25) is 0 Å². The maximum atomic E-state index is 14.2. The van der Waals surface area contributed by atoms with Gasteiger partial charge in [-0.3, -0.25) is 0 Å². The molecule has 0 heterocycles. The molecular formula is C18H20FN. The number of aryl methyl sites for hydroxylation is 1. The highest BCUT2D eigenvalue weighted by molar-refractivity contribution is 5.69. The van der Waals surface area contributed by atoms with Crippen molar-refractivity contribution in [1.29, 1.82) is 0 Å². The SMILES string of the molecule is Cc1cccc(-c2cc(CNC3CC3)ccc2F)c1C. The standard InChI is InChI=1S/C18H20FN/c1-12-4-3-5-16(13(12)2)17-10-14(6-9-18(17)19)11-20-15-7-8-15/h3-6,9-10,15,20H,7-8,11H2,1-2H3. The van der Waals surface area contributed by atoms with Gasteiger partial charge in [-0.2, -0.15) is 0 Å². The molecule has 0 saturated heterocycles. The average Bonchev–Trinajstić information content (AvgIpc) is 3.25. The van der Waals surface area contributed by atoms with Crippen LogP contribution in [0.15, 0.2) is 36.4 Å². The van der Waals surface area contributed by atoms with E-state index in [-0.39, 0.29) is 5.82 Å². The molecular weight excluding hydrogens is 249 g/mol. The van der Waals surface area contributed by atoms with Gasteiger partial charge < -0.3 is 5.32 Å². The van der Waals surface area contributed by atoms with Gasteiger partial charge in [0.25, 0.3) is 0 Å². The molecule has 0 aliphatic heterocycles. The van der Waals surface area contributed by atoms with Crippen molar-refractivity contribution in [3.63, 3.8) is 0 Å². The second-order valence-electron chi connectivity index (χ2n) is 5.72. The number of hydrogen-bond donors (Lipinski definition) is 1. The Bertz CT molecular complexity index is 629. The third-order valence-corrected chi connectivity index (χ3v) is 4.10. The van der Waals surface area contributed by atoms with Crippen molar-refractivity contribution < 1.29 is 4.39 Å². The molecule has 1 aliphatic rings. The van der Waals surface area contributed by atoms with E-state index in [9.17, 15) is 4.39 Å². The van der Waals surface area contributed by atoms with Gasteiger partial charge in [0.15, 0.2) is 0 Å². The quantitative estimate of drug-likeness (QED) is 0.869. The van der Waals surface area contributed by atoms with Gasteiger partial charge in [-0.1, -0.05) is 24.3 Å². The van der Waals surface area contributed by atoms with Gasteiger partial charge >= 0.3 is 0 Å². The molecule has 104 valence electrons. The fourth-order valence-electron chi connectivity index (χ4n) is 2.48. The third-order valence-electron chi connectivity index (χ3n) is 4.10. The fourth-order valence-corrected chi connectivity index (χ4v) is 2.48. The summed E-state index contributed by atoms with van der Waals surface area (Å²) in [5.74, 6) is -0.145. The molecule has 0 atom stereocenters. The fraction of sp³-hybridized carbons (Fsp3) is 0.333. The van der Waals surface area contributed by atoms with E-state index in [1.165, 1.54) is 18.4 Å². The Kier molecular flexibility index (Phi) is 3.58. The molecule has 1 aliphatic carbocycles. The van der Waals surface area contributed by atoms with Crippen molar-refractivity contribution in [3.05, 3.63) is 58.9 Å². The first kappa shape index (κ1) is 13.3. The zero-order valence-corrected chi connectivity index (χ0v) is 12.0. The Balaban J connectivity index is 1.94. The molecule has 0 aromatic heterocycles. The Labute approximate surface area is 119 Å². The van der Waals surface area contributed by atoms with E-state index in [0.29, 0.717) is 11.6 Å². The van der Waals surface area contributed by atoms with Crippen LogP contribution in [0.1, 0.15) is 29.5 Å². The van der Waals surface area contributed by atoms with Gasteiger partial charge in [0.05, 0.1) is 0 Å². The highest BCUT2D eigenvalue weighted by Crippen LogP contribution is 2.29. The Morgan fingerprint density at radius 2 is 1.90 bits per heavy atom. The second-order valence-corrected chi connectivity index (χ2v) is 5.72. The number of halogens is 1. The smallest absolute Gasteiger partial charge is 0.131 e. The van der Waals surface area contributed by atoms with Crippen LogP contribution in [-0.2, 0) is 6.54 Å². The lowest BCUT2D eigenvalue weighted by Crippen LogP contribution is -2.15. The predicted molar refractivity (Wildman–Crippen MR) is 81.2 cm³/mol. The Hall–Kier alpha value is -1.67. The van der Waals surface area contributed by atoms with Gasteiger partial charge in [0.1, 0.15) is 5.82 Å². The summed E-state index contributed by atoms with van der Waals surface area (Å²) in [6, 6.07) is 12.2. The lowest BCUT2D eigenvalue weighted by Gasteiger charge is -2.12. The molecule has 1 N–H and O–H groups in total. The first-order valence-electron chi connectivity index (χ1n) is 7.23. The van der Waals surface area contributed by atoms with Crippen molar-refractivity contribution in [1.82, 2.24) is 5.32 Å². The van der Waals surface area contributed by atoms with E-state index < -0.39 is 0 Å². The zero-order valence-electron chi connectivity index (χ0n) is 12.0. The molecule has 20 heavy (non-hydrogen) atoms. The van der Waals surface area contributed by atoms with Crippen LogP contribution in [-0.4, -0.2) is 6.04 Å². The topological polar surface area (TPSA) is 12.0 Å². The predicted octanol–water partition coefficient (Wildman–Crippen LogP) is 4.36. The molecule has 3 rings (SSSR count). The summed E-state index contributed by atoms with van der Waals surface area (Å²) in [7, 11) is 0. The lowest BCUT2D eigenvalue weighted by atomic mass is 9.95. The van der Waals surface area contributed by atoms with Gasteiger partial charge in [0, 0.05) is 18.2 Å². The molecule has 0 radical (unpaired) electrons. The summed E-state index contributed by atoms with van der Waals surface area (Å²) in [6.45, 7) is 4.94. The van der Waals surface area contributed by atoms with Crippen LogP contribution in [0.5, 0.6) is 0 Å². The molecule has 1 saturated carbocycles. The first-order chi connectivity index (χ1) is 9.65. The second kappa shape index (κ2) is 5.37. The van der Waals surface area contributed by atoms with Gasteiger partial charge in [-0.05, 0) is 61.1 Å². The third kappa shape index (κ3) is 2.75. The van der Waals surface area contributed by atoms with Crippen molar-refractivity contribution in [2.45, 2.75) is 39.3 Å². The van der Waals surface area contributed by atoms with Crippen LogP contribution < -0.4 is 5.32 Å². The first-order valence-corrected chi connectivity index (χ1v) is 7.23. The van der Waals surface area contributed by atoms with Crippen LogP contribution in [0.4, 0.5) is 4.39 Å². The summed E-state index contributed by atoms with van der Waals surface area (Å²) >= 11 is 0. The minimum absolute atomic E-state index is 0.145. The maximum Gasteiger partial charge on any atom is 0.131 e. The average molecular weight is 269 g/mol. The molecule has 1 fully saturated rings. The van der Waals surface area contributed by atoms with Crippen LogP contribution in [0, 0.1) is 19.7 Å². The van der Waals surface area contributed by atoms with Crippen LogP contribution in [0.25, 0.3) is 11.1 Å². The summed E-state index contributed by atoms with van der Waals surface area (Å²) < 4.78 is 14.2. The summed E-state index contributed by atoms with van der Waals surface area (Å²) in [5.41, 5.74) is 5.20. The Morgan fingerprint density at radius 1 is 1.10 bits per heavy atom. The van der Waals surface area contributed by atoms with Gasteiger partial charge in [-0.15, -0.1) is 0 Å². The Morgan fingerprint density at radius 3 is 2.65 bits per heavy atom. The van der Waals surface area contributed by atoms with Gasteiger partial charge in [-0.25, -0.2) is 4.39 Å². The van der Waals surface area contributed by atoms with Crippen molar-refractivity contribution >= 4 is 0 Å². The van der Waals surface area contributed by atoms with Crippen molar-refractivity contribution in [2.75, 3.05) is 0 Å². The van der Waals surface area contributed by atoms with Gasteiger partial charge in [0.2, 0.25) is 0 Å². The number of benzene rings is 2. The highest BCUT2D eigenvalue weighted by Gasteiger charge is 2.20. The molecule has 2 heteroatoms. The molecule has 0 bridgehead atoms. The minimum Gasteiger partial charge on any atom is -0.310 e. The molecule has 1 nitrogen and oxygen atoms in total. The van der Waals surface area contributed by atoms with Crippen molar-refractivity contribution in [2.24, 2.45) is 0 Å². The normalized spacial score (nSPS) is 14.6. The lowest BCUT2D eigenvalue weighted by molar-refractivity contribution is 0.628. The summed E-state index contributed by atoms with van der Waals surface area (Å²) in [6.07, 6.45) is 2.54. The molecule has 2 aromatic rings. The number of nitrogens with one attached hydrogen (secondary N) is 1. The summed E-state index contributed by atoms with van der Waals surface area (Å²) in [4.78, 5) is 0. The molecule has 2 aromatic carbocycles. The highest BCUT2D eigenvalue weighted by atomic mass is 19.1. The van der Waals surface area contributed by atoms with E-state index in [4.69, 9.17) is 0 Å². The van der Waals surface area contributed by atoms with E-state index in [1.54, 1.807) is 6.07 Å². The summed E-state index contributed by atoms with van der Waals surface area (Å²) in [5, 5.41) is 3.47. The van der Waals surface area contributed by atoms with E-state index in [2.05, 4.69) is 25.2 Å². The molecule has 0 spiro atoms. The van der Waals surface area contributed by atoms with Crippen LogP contribution >= 0.6 is 0 Å². The largest absolute Gasteiger partial charge is 0.310 e. The molecule has 0 amide bonds. The zero-order chi connectivity index (χ0) is 14.1. The van der Waals surface area contributed by atoms with E-state index in [1.807, 2.05) is 24.3 Å².